The van der Waals surface area contributed by atoms with Gasteiger partial charge < -0.3 is 15.1 Å². The summed E-state index contributed by atoms with van der Waals surface area (Å²) in [7, 11) is 0. The van der Waals surface area contributed by atoms with Crippen LogP contribution in [0, 0.1) is 0 Å². The third-order valence-corrected chi connectivity index (χ3v) is 6.42. The first-order valence-electron chi connectivity index (χ1n) is 7.95. The van der Waals surface area contributed by atoms with Crippen molar-refractivity contribution in [1.29, 1.82) is 0 Å². The van der Waals surface area contributed by atoms with E-state index in [0.29, 0.717) is 10.9 Å². The molecule has 1 aliphatic rings. The van der Waals surface area contributed by atoms with E-state index in [1.165, 1.54) is 23.1 Å². The van der Waals surface area contributed by atoms with Crippen molar-refractivity contribution in [2.45, 2.75) is 6.92 Å². The summed E-state index contributed by atoms with van der Waals surface area (Å²) >= 11 is 8.38. The zero-order valence-electron chi connectivity index (χ0n) is 13.5. The van der Waals surface area contributed by atoms with Gasteiger partial charge in [-0.25, -0.2) is 4.98 Å². The lowest BCUT2D eigenvalue weighted by molar-refractivity contribution is -0.113. The van der Waals surface area contributed by atoms with E-state index >= 15 is 0 Å². The molecule has 24 heavy (non-hydrogen) atoms. The van der Waals surface area contributed by atoms with E-state index in [1.807, 2.05) is 24.3 Å². The second kappa shape index (κ2) is 8.24. The minimum absolute atomic E-state index is 0.0615. The smallest absolute Gasteiger partial charge is 0.236 e. The van der Waals surface area contributed by atoms with Crippen LogP contribution in [0.3, 0.4) is 0 Å². The number of thiazole rings is 1. The topological polar surface area (TPSA) is 48.5 Å². The van der Waals surface area contributed by atoms with Crippen LogP contribution in [0.25, 0.3) is 10.2 Å². The number of anilines is 1. The number of nitrogens with zero attached hydrogens (tertiary/aromatic N) is 3. The van der Waals surface area contributed by atoms with Crippen molar-refractivity contribution in [3.8, 4) is 0 Å². The maximum atomic E-state index is 12.1. The number of aromatic nitrogens is 1. The van der Waals surface area contributed by atoms with Gasteiger partial charge in [-0.15, -0.1) is 0 Å². The van der Waals surface area contributed by atoms with E-state index in [4.69, 9.17) is 12.2 Å². The Hall–Kier alpha value is -1.22. The second-order valence-electron chi connectivity index (χ2n) is 5.51. The molecule has 0 atom stereocenters. The van der Waals surface area contributed by atoms with E-state index < -0.39 is 0 Å². The summed E-state index contributed by atoms with van der Waals surface area (Å²) in [6.45, 7) is 7.22. The highest BCUT2D eigenvalue weighted by molar-refractivity contribution is 8.23. The first-order valence-corrected chi connectivity index (χ1v) is 10.2. The Labute approximate surface area is 155 Å². The molecule has 0 saturated carbocycles. The van der Waals surface area contributed by atoms with Crippen LogP contribution in [-0.4, -0.2) is 63.5 Å². The molecule has 1 fully saturated rings. The third kappa shape index (κ3) is 4.44. The number of rotatable bonds is 4. The van der Waals surface area contributed by atoms with Gasteiger partial charge in [-0.2, -0.15) is 0 Å². The van der Waals surface area contributed by atoms with E-state index in [9.17, 15) is 4.79 Å². The Morgan fingerprint density at radius 3 is 2.79 bits per heavy atom. The van der Waals surface area contributed by atoms with Crippen molar-refractivity contribution in [3.63, 3.8) is 0 Å². The predicted octanol–water partition coefficient (Wildman–Crippen LogP) is 2.89. The Morgan fingerprint density at radius 1 is 1.33 bits per heavy atom. The number of hydrogen-bond donors (Lipinski definition) is 1. The molecule has 2 heterocycles. The molecule has 1 saturated heterocycles. The van der Waals surface area contributed by atoms with Crippen LogP contribution in [-0.2, 0) is 4.79 Å². The Morgan fingerprint density at radius 2 is 2.08 bits per heavy atom. The predicted molar refractivity (Wildman–Crippen MR) is 107 cm³/mol. The van der Waals surface area contributed by atoms with Gasteiger partial charge in [-0.3, -0.25) is 4.79 Å². The minimum Gasteiger partial charge on any atom is -0.355 e. The molecule has 1 N–H and O–H groups in total. The summed E-state index contributed by atoms with van der Waals surface area (Å²) in [5.74, 6) is 0.261. The first-order chi connectivity index (χ1) is 11.7. The number of piperazine rings is 1. The van der Waals surface area contributed by atoms with Gasteiger partial charge in [0.15, 0.2) is 5.13 Å². The van der Waals surface area contributed by atoms with Crippen LogP contribution in [0.5, 0.6) is 0 Å². The van der Waals surface area contributed by atoms with E-state index in [2.05, 4.69) is 27.0 Å². The summed E-state index contributed by atoms with van der Waals surface area (Å²) in [4.78, 5) is 21.1. The Balaban J connectivity index is 1.46. The highest BCUT2D eigenvalue weighted by Gasteiger charge is 2.18. The number of para-hydroxylation sites is 1. The quantitative estimate of drug-likeness (QED) is 0.823. The fourth-order valence-electron chi connectivity index (χ4n) is 2.55. The second-order valence-corrected chi connectivity index (χ2v) is 8.15. The van der Waals surface area contributed by atoms with Gasteiger partial charge in [0, 0.05) is 26.2 Å². The number of amides is 1. The molecule has 0 bridgehead atoms. The number of carbonyl (C=O) groups excluding carboxylic acids is 1. The maximum absolute atomic E-state index is 12.1. The lowest BCUT2D eigenvalue weighted by Crippen LogP contribution is -2.47. The molecule has 1 aromatic carbocycles. The third-order valence-electron chi connectivity index (χ3n) is 3.94. The molecule has 5 nitrogen and oxygen atoms in total. The zero-order valence-corrected chi connectivity index (χ0v) is 16.0. The van der Waals surface area contributed by atoms with Crippen LogP contribution in [0.2, 0.25) is 0 Å². The molecule has 8 heteroatoms. The fourth-order valence-corrected chi connectivity index (χ4v) is 4.48. The van der Waals surface area contributed by atoms with Crippen LogP contribution in [0.15, 0.2) is 24.3 Å². The number of likely N-dealkylation sites (N-methyl/N-ethyl adjacent to an activating group) is 1. The van der Waals surface area contributed by atoms with E-state index in [1.54, 1.807) is 0 Å². The molecule has 0 radical (unpaired) electrons. The van der Waals surface area contributed by atoms with Gasteiger partial charge in [0.1, 0.15) is 4.32 Å². The monoisotopic (exact) mass is 380 g/mol. The highest BCUT2D eigenvalue weighted by Crippen LogP contribution is 2.25. The SMILES string of the molecule is CCN1CCN(C(=S)SCC(=O)Nc2nc3ccccc3s2)CC1. The van der Waals surface area contributed by atoms with Gasteiger partial charge in [0.05, 0.1) is 16.0 Å². The van der Waals surface area contributed by atoms with Crippen LogP contribution in [0.1, 0.15) is 6.92 Å². The van der Waals surface area contributed by atoms with Crippen LogP contribution in [0.4, 0.5) is 5.13 Å². The maximum Gasteiger partial charge on any atom is 0.236 e. The van der Waals surface area contributed by atoms with Crippen molar-refractivity contribution in [2.24, 2.45) is 0 Å². The normalized spacial score (nSPS) is 15.6. The van der Waals surface area contributed by atoms with E-state index in [0.717, 1.165) is 47.3 Å². The molecule has 1 amide bonds. The molecule has 1 aromatic heterocycles. The van der Waals surface area contributed by atoms with Crippen molar-refractivity contribution >= 4 is 60.9 Å². The number of nitrogens with one attached hydrogen (secondary N) is 1. The fraction of sp³-hybridized carbons (Fsp3) is 0.438. The average molecular weight is 381 g/mol. The van der Waals surface area contributed by atoms with Crippen molar-refractivity contribution in [1.82, 2.24) is 14.8 Å². The van der Waals surface area contributed by atoms with Gasteiger partial charge in [0.2, 0.25) is 5.91 Å². The number of benzene rings is 1. The number of thioether (sulfide) groups is 1. The van der Waals surface area contributed by atoms with Gasteiger partial charge in [-0.05, 0) is 18.7 Å². The summed E-state index contributed by atoms with van der Waals surface area (Å²) in [5.41, 5.74) is 0.912. The number of carbonyl (C=O) groups is 1. The lowest BCUT2D eigenvalue weighted by Gasteiger charge is -2.35. The molecule has 0 aliphatic carbocycles. The van der Waals surface area contributed by atoms with Gasteiger partial charge >= 0.3 is 0 Å². The summed E-state index contributed by atoms with van der Waals surface area (Å²) < 4.78 is 1.88. The van der Waals surface area contributed by atoms with Gasteiger partial charge in [0.25, 0.3) is 0 Å². The van der Waals surface area contributed by atoms with Crippen molar-refractivity contribution in [3.05, 3.63) is 24.3 Å². The molecular formula is C16H20N4OS3. The van der Waals surface area contributed by atoms with E-state index in [-0.39, 0.29) is 5.91 Å². The molecule has 128 valence electrons. The minimum atomic E-state index is -0.0615. The van der Waals surface area contributed by atoms with Crippen molar-refractivity contribution < 1.29 is 4.79 Å². The summed E-state index contributed by atoms with van der Waals surface area (Å²) in [6, 6.07) is 7.86. The first kappa shape index (κ1) is 17.6. The number of fused-ring (bicyclic) bond motifs is 1. The molecule has 1 aliphatic heterocycles. The lowest BCUT2D eigenvalue weighted by atomic mass is 10.3. The standard InChI is InChI=1S/C16H20N4OS3/c1-2-19-7-9-20(10-8-19)16(22)23-11-14(21)18-15-17-12-5-3-4-6-13(12)24-15/h3-6H,2,7-11H2,1H3,(H,17,18,21). The summed E-state index contributed by atoms with van der Waals surface area (Å²) in [6.07, 6.45) is 0. The zero-order chi connectivity index (χ0) is 16.9. The molecule has 3 rings (SSSR count). The Kier molecular flexibility index (Phi) is 6.04. The number of hydrogen-bond acceptors (Lipinski definition) is 6. The Bertz CT molecular complexity index is 692. The average Bonchev–Trinajstić information content (AvgIpc) is 3.02. The molecule has 0 unspecified atom stereocenters. The largest absolute Gasteiger partial charge is 0.355 e. The molecule has 2 aromatic rings. The number of thiocarbonyl (C=S) groups is 1. The molecule has 0 spiro atoms. The van der Waals surface area contributed by atoms with Crippen molar-refractivity contribution in [2.75, 3.05) is 43.8 Å². The summed E-state index contributed by atoms with van der Waals surface area (Å²) in [5, 5.41) is 3.51. The van der Waals surface area contributed by atoms with Crippen LogP contribution >= 0.6 is 35.3 Å². The van der Waals surface area contributed by atoms with Crippen LogP contribution < -0.4 is 5.32 Å². The highest BCUT2D eigenvalue weighted by atomic mass is 32.2. The molecular weight excluding hydrogens is 360 g/mol. The van der Waals surface area contributed by atoms with Gasteiger partial charge in [-0.1, -0.05) is 54.4 Å².